The minimum absolute atomic E-state index is 0.00348. The molecule has 3 nitrogen and oxygen atoms in total. The molecule has 0 heterocycles. The number of hydrogen-bond acceptors (Lipinski definition) is 4. The number of aliphatic hydroxyl groups excluding tert-OH is 1. The van der Waals surface area contributed by atoms with E-state index in [1.165, 1.54) is 7.11 Å². The molecule has 2 rings (SSSR count). The molecule has 0 unspecified atom stereocenters. The number of benzene rings is 1. The molecule has 0 spiro atoms. The van der Waals surface area contributed by atoms with E-state index in [2.05, 4.69) is 0 Å². The molecule has 1 aromatic rings. The topological polar surface area (TPSA) is 46.5 Å². The summed E-state index contributed by atoms with van der Waals surface area (Å²) in [6, 6.07) is 5.48. The second-order valence-electron chi connectivity index (χ2n) is 4.95. The maximum atomic E-state index is 11.4. The van der Waals surface area contributed by atoms with E-state index in [0.29, 0.717) is 11.4 Å². The van der Waals surface area contributed by atoms with Crippen molar-refractivity contribution in [1.29, 1.82) is 0 Å². The van der Waals surface area contributed by atoms with Crippen molar-refractivity contribution >= 4 is 29.3 Å². The minimum Gasteiger partial charge on any atom is -0.469 e. The monoisotopic (exact) mass is 300 g/mol. The molecule has 0 bridgehead atoms. The number of carbonyl (C=O) groups is 1. The zero-order valence-corrected chi connectivity index (χ0v) is 12.4. The number of ether oxygens (including phenoxy) is 1. The third-order valence-corrected chi connectivity index (χ3v) is 5.12. The van der Waals surface area contributed by atoms with Gasteiger partial charge in [-0.25, -0.2) is 0 Å². The lowest BCUT2D eigenvalue weighted by Crippen LogP contribution is -2.13. The van der Waals surface area contributed by atoms with Gasteiger partial charge < -0.3 is 9.84 Å². The Hall–Kier alpha value is -0.710. The fourth-order valence-electron chi connectivity index (χ4n) is 1.95. The van der Waals surface area contributed by atoms with Crippen LogP contribution < -0.4 is 0 Å². The van der Waals surface area contributed by atoms with E-state index in [9.17, 15) is 9.90 Å². The Morgan fingerprint density at radius 3 is 2.84 bits per heavy atom. The summed E-state index contributed by atoms with van der Waals surface area (Å²) in [7, 11) is 1.42. The van der Waals surface area contributed by atoms with Gasteiger partial charge in [-0.05, 0) is 36.0 Å². The van der Waals surface area contributed by atoms with Crippen LogP contribution in [0.15, 0.2) is 23.1 Å². The van der Waals surface area contributed by atoms with Crippen molar-refractivity contribution in [2.75, 3.05) is 12.9 Å². The second kappa shape index (κ2) is 6.16. The Morgan fingerprint density at radius 2 is 2.26 bits per heavy atom. The molecule has 1 aliphatic carbocycles. The molecule has 0 aliphatic heterocycles. The van der Waals surface area contributed by atoms with Gasteiger partial charge >= 0.3 is 5.97 Å². The second-order valence-corrected chi connectivity index (χ2v) is 6.41. The van der Waals surface area contributed by atoms with E-state index >= 15 is 0 Å². The molecule has 104 valence electrons. The molecule has 1 N–H and O–H groups in total. The molecule has 1 aliphatic rings. The number of aliphatic hydroxyl groups is 1. The van der Waals surface area contributed by atoms with Crippen molar-refractivity contribution in [3.63, 3.8) is 0 Å². The van der Waals surface area contributed by atoms with E-state index in [4.69, 9.17) is 16.3 Å². The van der Waals surface area contributed by atoms with Crippen LogP contribution in [-0.2, 0) is 16.1 Å². The van der Waals surface area contributed by atoms with E-state index in [1.54, 1.807) is 17.8 Å². The Labute approximate surface area is 122 Å². The Morgan fingerprint density at radius 1 is 1.53 bits per heavy atom. The third kappa shape index (κ3) is 3.88. The van der Waals surface area contributed by atoms with Crippen molar-refractivity contribution in [2.45, 2.75) is 30.8 Å². The van der Waals surface area contributed by atoms with Gasteiger partial charge in [0.25, 0.3) is 0 Å². The Balaban J connectivity index is 1.99. The smallest absolute Gasteiger partial charge is 0.306 e. The number of hydrogen-bond donors (Lipinski definition) is 1. The van der Waals surface area contributed by atoms with Crippen molar-refractivity contribution in [2.24, 2.45) is 5.41 Å². The largest absolute Gasteiger partial charge is 0.469 e. The van der Waals surface area contributed by atoms with Gasteiger partial charge in [-0.15, -0.1) is 11.8 Å². The zero-order valence-electron chi connectivity index (χ0n) is 10.8. The number of methoxy groups -OCH3 is 1. The van der Waals surface area contributed by atoms with Crippen LogP contribution in [0.5, 0.6) is 0 Å². The predicted octanol–water partition coefficient (Wildman–Crippen LogP) is 3.27. The van der Waals surface area contributed by atoms with E-state index < -0.39 is 0 Å². The van der Waals surface area contributed by atoms with Gasteiger partial charge in [0.1, 0.15) is 0 Å². The lowest BCUT2D eigenvalue weighted by atomic mass is 10.1. The number of carbonyl (C=O) groups excluding carboxylic acids is 1. The molecule has 0 amide bonds. The first-order valence-corrected chi connectivity index (χ1v) is 7.54. The predicted molar refractivity (Wildman–Crippen MR) is 76.4 cm³/mol. The first kappa shape index (κ1) is 14.7. The number of esters is 1. The molecule has 0 saturated heterocycles. The molecule has 1 saturated carbocycles. The Kier molecular flexibility index (Phi) is 4.76. The average molecular weight is 301 g/mol. The van der Waals surface area contributed by atoms with Gasteiger partial charge in [0.15, 0.2) is 0 Å². The third-order valence-electron chi connectivity index (χ3n) is 3.44. The summed E-state index contributed by atoms with van der Waals surface area (Å²) >= 11 is 7.63. The minimum atomic E-state index is -0.147. The van der Waals surface area contributed by atoms with Crippen LogP contribution in [0.3, 0.4) is 0 Å². The van der Waals surface area contributed by atoms with Crippen LogP contribution in [0, 0.1) is 5.41 Å². The van der Waals surface area contributed by atoms with E-state index in [0.717, 1.165) is 29.1 Å². The zero-order chi connectivity index (χ0) is 13.9. The highest BCUT2D eigenvalue weighted by Crippen LogP contribution is 2.52. The molecular formula is C14H17ClO3S. The summed E-state index contributed by atoms with van der Waals surface area (Å²) in [4.78, 5) is 12.4. The summed E-state index contributed by atoms with van der Waals surface area (Å²) < 4.78 is 4.73. The maximum absolute atomic E-state index is 11.4. The maximum Gasteiger partial charge on any atom is 0.306 e. The summed E-state index contributed by atoms with van der Waals surface area (Å²) in [5.74, 6) is 0.710. The number of halogens is 1. The molecule has 1 fully saturated rings. The van der Waals surface area contributed by atoms with Gasteiger partial charge in [-0.2, -0.15) is 0 Å². The van der Waals surface area contributed by atoms with Gasteiger partial charge in [0.05, 0.1) is 20.1 Å². The summed E-state index contributed by atoms with van der Waals surface area (Å²) in [6.45, 7) is 0.00348. The summed E-state index contributed by atoms with van der Waals surface area (Å²) in [6.07, 6.45) is 2.60. The van der Waals surface area contributed by atoms with Crippen molar-refractivity contribution in [3.05, 3.63) is 28.8 Å². The van der Waals surface area contributed by atoms with Crippen LogP contribution in [0.4, 0.5) is 0 Å². The van der Waals surface area contributed by atoms with Crippen LogP contribution in [-0.4, -0.2) is 23.9 Å². The fraction of sp³-hybridized carbons (Fsp3) is 0.500. The molecule has 19 heavy (non-hydrogen) atoms. The summed E-state index contributed by atoms with van der Waals surface area (Å²) in [5.41, 5.74) is 0.954. The van der Waals surface area contributed by atoms with Crippen LogP contribution >= 0.6 is 23.4 Å². The standard InChI is InChI=1S/C14H17ClO3S/c1-18-13(17)7-14(4-5-14)9-19-12-6-11(15)3-2-10(12)8-16/h2-3,6,16H,4-5,7-9H2,1H3. The molecule has 0 atom stereocenters. The van der Waals surface area contributed by atoms with Gasteiger partial charge in [0, 0.05) is 15.7 Å². The molecule has 0 radical (unpaired) electrons. The number of thioether (sulfide) groups is 1. The first-order chi connectivity index (χ1) is 9.08. The fourth-order valence-corrected chi connectivity index (χ4v) is 3.57. The highest BCUT2D eigenvalue weighted by Gasteiger charge is 2.44. The lowest BCUT2D eigenvalue weighted by Gasteiger charge is -2.14. The first-order valence-electron chi connectivity index (χ1n) is 6.17. The van der Waals surface area contributed by atoms with Crippen LogP contribution in [0.25, 0.3) is 0 Å². The van der Waals surface area contributed by atoms with Crippen molar-refractivity contribution in [3.8, 4) is 0 Å². The normalized spacial score (nSPS) is 16.2. The van der Waals surface area contributed by atoms with Crippen molar-refractivity contribution < 1.29 is 14.6 Å². The lowest BCUT2D eigenvalue weighted by molar-refractivity contribution is -0.141. The molecule has 0 aromatic heterocycles. The quantitative estimate of drug-likeness (QED) is 0.647. The van der Waals surface area contributed by atoms with Crippen molar-refractivity contribution in [1.82, 2.24) is 0 Å². The summed E-state index contributed by atoms with van der Waals surface area (Å²) in [5, 5.41) is 9.97. The van der Waals surface area contributed by atoms with Gasteiger partial charge in [-0.3, -0.25) is 4.79 Å². The molecule has 5 heteroatoms. The highest BCUT2D eigenvalue weighted by atomic mass is 35.5. The van der Waals surface area contributed by atoms with E-state index in [-0.39, 0.29) is 18.0 Å². The SMILES string of the molecule is COC(=O)CC1(CSc2cc(Cl)ccc2CO)CC1. The van der Waals surface area contributed by atoms with Crippen LogP contribution in [0.1, 0.15) is 24.8 Å². The molecular weight excluding hydrogens is 284 g/mol. The average Bonchev–Trinajstić information content (AvgIpc) is 3.16. The van der Waals surface area contributed by atoms with Gasteiger partial charge in [-0.1, -0.05) is 17.7 Å². The van der Waals surface area contributed by atoms with Gasteiger partial charge in [0.2, 0.25) is 0 Å². The number of rotatable bonds is 6. The Bertz CT molecular complexity index is 472. The highest BCUT2D eigenvalue weighted by molar-refractivity contribution is 7.99. The van der Waals surface area contributed by atoms with Crippen LogP contribution in [0.2, 0.25) is 5.02 Å². The van der Waals surface area contributed by atoms with E-state index in [1.807, 2.05) is 12.1 Å². The molecule has 1 aromatic carbocycles.